The van der Waals surface area contributed by atoms with Crippen molar-refractivity contribution in [2.24, 2.45) is 17.8 Å². The van der Waals surface area contributed by atoms with Gasteiger partial charge >= 0.3 is 0 Å². The molecule has 3 atom stereocenters. The molecule has 84 valence electrons. The van der Waals surface area contributed by atoms with Crippen molar-refractivity contribution in [3.63, 3.8) is 0 Å². The van der Waals surface area contributed by atoms with E-state index in [1.165, 1.54) is 25.9 Å². The van der Waals surface area contributed by atoms with Crippen molar-refractivity contribution in [1.82, 2.24) is 4.90 Å². The maximum atomic E-state index is 11.9. The van der Waals surface area contributed by atoms with Gasteiger partial charge in [0.2, 0.25) is 0 Å². The van der Waals surface area contributed by atoms with Gasteiger partial charge in [0.1, 0.15) is 5.78 Å². The summed E-state index contributed by atoms with van der Waals surface area (Å²) < 4.78 is 0. The van der Waals surface area contributed by atoms with Gasteiger partial charge in [-0.1, -0.05) is 6.92 Å². The van der Waals surface area contributed by atoms with E-state index in [4.69, 9.17) is 0 Å². The lowest BCUT2D eigenvalue weighted by atomic mass is 9.64. The number of fused-ring (bicyclic) bond motifs is 2. The van der Waals surface area contributed by atoms with Gasteiger partial charge in [0.25, 0.3) is 0 Å². The Hall–Kier alpha value is -0.370. The quantitative estimate of drug-likeness (QED) is 0.656. The maximum Gasteiger partial charge on any atom is 0.136 e. The normalized spacial score (nSPS) is 49.1. The second-order valence-corrected chi connectivity index (χ2v) is 5.62. The molecule has 1 aliphatic carbocycles. The van der Waals surface area contributed by atoms with E-state index in [1.54, 1.807) is 0 Å². The van der Waals surface area contributed by atoms with Gasteiger partial charge < -0.3 is 4.90 Å². The monoisotopic (exact) mass is 207 g/mol. The first-order valence-electron chi connectivity index (χ1n) is 6.56. The van der Waals surface area contributed by atoms with Gasteiger partial charge in [-0.15, -0.1) is 0 Å². The van der Waals surface area contributed by atoms with E-state index in [0.717, 1.165) is 37.1 Å². The average Bonchev–Trinajstić information content (AvgIpc) is 2.29. The molecular weight excluding hydrogens is 186 g/mol. The molecule has 2 nitrogen and oxygen atoms in total. The van der Waals surface area contributed by atoms with Crippen molar-refractivity contribution in [2.75, 3.05) is 13.1 Å². The van der Waals surface area contributed by atoms with Gasteiger partial charge in [-0.2, -0.15) is 0 Å². The molecule has 0 radical (unpaired) electrons. The van der Waals surface area contributed by atoms with Gasteiger partial charge in [-0.05, 0) is 50.6 Å². The highest BCUT2D eigenvalue weighted by molar-refractivity contribution is 5.82. The number of Topliss-reactive ketones (excluding diaryl/α,β-unsaturated/α-hetero) is 1. The lowest BCUT2D eigenvalue weighted by Crippen LogP contribution is -2.58. The third-order valence-electron chi connectivity index (χ3n) is 5.05. The van der Waals surface area contributed by atoms with E-state index in [2.05, 4.69) is 11.8 Å². The van der Waals surface area contributed by atoms with Crippen LogP contribution < -0.4 is 0 Å². The Bertz CT molecular complexity index is 268. The molecule has 2 heteroatoms. The molecule has 0 N–H and O–H groups in total. The summed E-state index contributed by atoms with van der Waals surface area (Å²) in [5.74, 6) is 2.54. The van der Waals surface area contributed by atoms with Crippen LogP contribution in [0.15, 0.2) is 0 Å². The molecule has 4 fully saturated rings. The van der Waals surface area contributed by atoms with Crippen molar-refractivity contribution in [3.05, 3.63) is 0 Å². The Kier molecular flexibility index (Phi) is 2.35. The molecule has 0 aromatic rings. The predicted molar refractivity (Wildman–Crippen MR) is 59.6 cm³/mol. The third kappa shape index (κ3) is 1.45. The van der Waals surface area contributed by atoms with Crippen LogP contribution >= 0.6 is 0 Å². The van der Waals surface area contributed by atoms with E-state index in [9.17, 15) is 4.79 Å². The summed E-state index contributed by atoms with van der Waals surface area (Å²) >= 11 is 0. The number of ketones is 1. The number of carbonyl (C=O) groups is 1. The van der Waals surface area contributed by atoms with Crippen molar-refractivity contribution in [3.8, 4) is 0 Å². The largest absolute Gasteiger partial charge is 0.300 e. The zero-order valence-corrected chi connectivity index (χ0v) is 9.61. The maximum absolute atomic E-state index is 11.9. The third-order valence-corrected chi connectivity index (χ3v) is 5.05. The summed E-state index contributed by atoms with van der Waals surface area (Å²) in [6.07, 6.45) is 5.82. The summed E-state index contributed by atoms with van der Waals surface area (Å²) in [6, 6.07) is 0.764. The van der Waals surface area contributed by atoms with Crippen LogP contribution in [0, 0.1) is 17.8 Å². The van der Waals surface area contributed by atoms with Gasteiger partial charge in [0.05, 0.1) is 0 Å². The lowest BCUT2D eigenvalue weighted by Gasteiger charge is -2.54. The number of nitrogens with zero attached hydrogens (tertiary/aromatic N) is 1. The van der Waals surface area contributed by atoms with Crippen LogP contribution in [-0.4, -0.2) is 29.8 Å². The summed E-state index contributed by atoms with van der Waals surface area (Å²) in [4.78, 5) is 14.6. The van der Waals surface area contributed by atoms with Crippen molar-refractivity contribution in [2.45, 2.75) is 45.1 Å². The first kappa shape index (κ1) is 9.83. The highest BCUT2D eigenvalue weighted by Gasteiger charge is 2.47. The predicted octanol–water partition coefficient (Wildman–Crippen LogP) is 2.09. The molecule has 3 heterocycles. The Morgan fingerprint density at radius 3 is 2.73 bits per heavy atom. The second kappa shape index (κ2) is 3.58. The Labute approximate surface area is 92.0 Å². The van der Waals surface area contributed by atoms with Crippen LogP contribution in [0.25, 0.3) is 0 Å². The van der Waals surface area contributed by atoms with Gasteiger partial charge in [-0.3, -0.25) is 4.79 Å². The zero-order valence-electron chi connectivity index (χ0n) is 9.61. The lowest BCUT2D eigenvalue weighted by molar-refractivity contribution is -0.134. The highest BCUT2D eigenvalue weighted by Crippen LogP contribution is 2.45. The molecule has 0 aromatic carbocycles. The molecule has 0 spiro atoms. The van der Waals surface area contributed by atoms with Crippen molar-refractivity contribution in [1.29, 1.82) is 0 Å². The minimum Gasteiger partial charge on any atom is -0.300 e. The summed E-state index contributed by atoms with van der Waals surface area (Å²) in [7, 11) is 0. The van der Waals surface area contributed by atoms with Gasteiger partial charge in [-0.25, -0.2) is 0 Å². The van der Waals surface area contributed by atoms with Gasteiger partial charge in [0.15, 0.2) is 0 Å². The molecule has 2 bridgehead atoms. The molecule has 1 saturated carbocycles. The van der Waals surface area contributed by atoms with Crippen molar-refractivity contribution >= 4 is 5.78 Å². The highest BCUT2D eigenvalue weighted by atomic mass is 16.1. The topological polar surface area (TPSA) is 20.3 Å². The Morgan fingerprint density at radius 2 is 2.07 bits per heavy atom. The first-order valence-corrected chi connectivity index (χ1v) is 6.56. The van der Waals surface area contributed by atoms with Crippen LogP contribution in [-0.2, 0) is 4.79 Å². The Morgan fingerprint density at radius 1 is 1.33 bits per heavy atom. The van der Waals surface area contributed by atoms with E-state index < -0.39 is 0 Å². The van der Waals surface area contributed by atoms with Crippen LogP contribution in [0.3, 0.4) is 0 Å². The summed E-state index contributed by atoms with van der Waals surface area (Å²) in [5, 5.41) is 0. The number of rotatable bonds is 1. The minimum absolute atomic E-state index is 0.380. The fraction of sp³-hybridized carbons (Fsp3) is 0.923. The molecular formula is C13H21NO. The van der Waals surface area contributed by atoms with Crippen molar-refractivity contribution < 1.29 is 4.79 Å². The molecule has 4 rings (SSSR count). The summed E-state index contributed by atoms with van der Waals surface area (Å²) in [5.41, 5.74) is 0. The molecule has 3 saturated heterocycles. The molecule has 15 heavy (non-hydrogen) atoms. The number of hydrogen-bond donors (Lipinski definition) is 0. The fourth-order valence-electron chi connectivity index (χ4n) is 4.11. The summed E-state index contributed by atoms with van der Waals surface area (Å²) in [6.45, 7) is 4.77. The van der Waals surface area contributed by atoms with Crippen LogP contribution in [0.2, 0.25) is 0 Å². The number of carbonyl (C=O) groups excluding carboxylic acids is 1. The van der Waals surface area contributed by atoms with E-state index in [1.807, 2.05) is 0 Å². The standard InChI is InChI=1S/C13H21NO/c1-2-9-7-12-11(8-13(9)15)10-3-5-14(12)6-4-10/h9-12H,2-8H2,1H3. The van der Waals surface area contributed by atoms with Crippen LogP contribution in [0.4, 0.5) is 0 Å². The SMILES string of the molecule is CCC1CC2C(CC1=O)C1CCN2CC1. The van der Waals surface area contributed by atoms with E-state index >= 15 is 0 Å². The van der Waals surface area contributed by atoms with E-state index in [-0.39, 0.29) is 0 Å². The molecule has 0 amide bonds. The van der Waals surface area contributed by atoms with Crippen LogP contribution in [0.5, 0.6) is 0 Å². The zero-order chi connectivity index (χ0) is 10.4. The average molecular weight is 207 g/mol. The molecule has 3 aliphatic heterocycles. The number of hydrogen-bond acceptors (Lipinski definition) is 2. The van der Waals surface area contributed by atoms with E-state index in [0.29, 0.717) is 11.7 Å². The molecule has 0 aromatic heterocycles. The number of piperidine rings is 3. The smallest absolute Gasteiger partial charge is 0.136 e. The Balaban J connectivity index is 1.81. The molecule has 4 aliphatic rings. The van der Waals surface area contributed by atoms with Gasteiger partial charge in [0, 0.05) is 18.4 Å². The second-order valence-electron chi connectivity index (χ2n) is 5.62. The minimum atomic E-state index is 0.380. The fourth-order valence-corrected chi connectivity index (χ4v) is 4.11. The van der Waals surface area contributed by atoms with Crippen LogP contribution in [0.1, 0.15) is 39.0 Å². The first-order chi connectivity index (χ1) is 7.29. The molecule has 3 unspecified atom stereocenters.